The topological polar surface area (TPSA) is 91.5 Å². The van der Waals surface area contributed by atoms with Gasteiger partial charge in [-0.05, 0) is 51.7 Å². The molecule has 7 nitrogen and oxygen atoms in total. The third-order valence-electron chi connectivity index (χ3n) is 7.80. The quantitative estimate of drug-likeness (QED) is 0.256. The highest BCUT2D eigenvalue weighted by atomic mass is 16.3. The Morgan fingerprint density at radius 1 is 1.02 bits per heavy atom. The van der Waals surface area contributed by atoms with Crippen LogP contribution in [-0.2, 0) is 16.9 Å². The third kappa shape index (κ3) is 6.92. The molecule has 1 unspecified atom stereocenters. The maximum Gasteiger partial charge on any atom is 0.264 e. The Morgan fingerprint density at radius 2 is 1.76 bits per heavy atom. The number of hydrogen-bond acceptors (Lipinski definition) is 5. The van der Waals surface area contributed by atoms with Gasteiger partial charge in [0.25, 0.3) is 5.91 Å². The molecule has 2 aromatic carbocycles. The minimum absolute atomic E-state index is 0.0452. The van der Waals surface area contributed by atoms with Crippen molar-refractivity contribution < 1.29 is 15.0 Å². The lowest BCUT2D eigenvalue weighted by molar-refractivity contribution is -0.139. The molecule has 2 heterocycles. The van der Waals surface area contributed by atoms with Crippen LogP contribution in [0.3, 0.4) is 0 Å². The average Bonchev–Trinajstić information content (AvgIpc) is 3.52. The fraction of sp³-hybridized carbons (Fsp3) is 0.382. The summed E-state index contributed by atoms with van der Waals surface area (Å²) < 4.78 is 1.76. The number of anilines is 1. The summed E-state index contributed by atoms with van der Waals surface area (Å²) in [6.45, 7) is 9.15. The zero-order valence-corrected chi connectivity index (χ0v) is 24.6. The summed E-state index contributed by atoms with van der Waals surface area (Å²) in [5, 5.41) is 30.2. The first-order valence-electron chi connectivity index (χ1n) is 14.4. The molecule has 1 amide bonds. The third-order valence-corrected chi connectivity index (χ3v) is 7.80. The van der Waals surface area contributed by atoms with Gasteiger partial charge in [0, 0.05) is 30.8 Å². The maximum atomic E-state index is 13.7. The van der Waals surface area contributed by atoms with E-state index in [0.29, 0.717) is 25.1 Å². The molecule has 0 aliphatic carbocycles. The number of benzene rings is 2. The van der Waals surface area contributed by atoms with Gasteiger partial charge in [0.1, 0.15) is 0 Å². The fourth-order valence-electron chi connectivity index (χ4n) is 5.30. The molecule has 0 fully saturated rings. The van der Waals surface area contributed by atoms with Crippen molar-refractivity contribution in [3.8, 4) is 0 Å². The molecule has 41 heavy (non-hydrogen) atoms. The van der Waals surface area contributed by atoms with Gasteiger partial charge in [-0.2, -0.15) is 0 Å². The Balaban J connectivity index is 1.40. The molecule has 1 aromatic heterocycles. The van der Waals surface area contributed by atoms with E-state index in [9.17, 15) is 15.0 Å². The van der Waals surface area contributed by atoms with Gasteiger partial charge in [0.05, 0.1) is 23.9 Å². The van der Waals surface area contributed by atoms with Gasteiger partial charge in [-0.1, -0.05) is 96.1 Å². The van der Waals surface area contributed by atoms with Crippen molar-refractivity contribution in [2.75, 3.05) is 18.1 Å². The van der Waals surface area contributed by atoms with Gasteiger partial charge < -0.3 is 15.1 Å². The van der Waals surface area contributed by atoms with Crippen LogP contribution < -0.4 is 4.90 Å². The lowest BCUT2D eigenvalue weighted by atomic mass is 9.83. The highest BCUT2D eigenvalue weighted by Gasteiger charge is 2.52. The van der Waals surface area contributed by atoms with Gasteiger partial charge in [-0.25, -0.2) is 0 Å². The van der Waals surface area contributed by atoms with Gasteiger partial charge in [0.15, 0.2) is 5.60 Å². The van der Waals surface area contributed by atoms with E-state index >= 15 is 0 Å². The molecule has 216 valence electrons. The van der Waals surface area contributed by atoms with Crippen LogP contribution in [0.5, 0.6) is 0 Å². The van der Waals surface area contributed by atoms with Crippen molar-refractivity contribution in [2.24, 2.45) is 5.92 Å². The number of carbonyl (C=O) groups is 1. The second-order valence-electron chi connectivity index (χ2n) is 11.1. The Labute approximate surface area is 243 Å². The van der Waals surface area contributed by atoms with Crippen LogP contribution in [-0.4, -0.2) is 44.3 Å². The molecule has 1 aliphatic heterocycles. The van der Waals surface area contributed by atoms with Gasteiger partial charge >= 0.3 is 0 Å². The van der Waals surface area contributed by atoms with Crippen LogP contribution in [0.4, 0.5) is 5.69 Å². The van der Waals surface area contributed by atoms with E-state index in [1.54, 1.807) is 9.58 Å². The molecule has 3 aromatic rings. The number of rotatable bonds is 13. The van der Waals surface area contributed by atoms with Crippen molar-refractivity contribution in [2.45, 2.75) is 65.0 Å². The first-order valence-corrected chi connectivity index (χ1v) is 14.4. The van der Waals surface area contributed by atoms with Gasteiger partial charge in [-0.3, -0.25) is 9.48 Å². The van der Waals surface area contributed by atoms with Gasteiger partial charge in [-0.15, -0.1) is 5.10 Å². The molecule has 0 saturated heterocycles. The molecule has 1 aliphatic rings. The SMILES string of the molecule is CC(C)=CCC/C(C)=C/CN1C(=O)[C@@](O)([C@@H](C)/C=C/CCn2cc(C(CO)c3ccccc3)nn2)c2ccccc21. The molecule has 4 rings (SSSR count). The number of aryl methyl sites for hydroxylation is 1. The lowest BCUT2D eigenvalue weighted by Crippen LogP contribution is -2.44. The zero-order chi connectivity index (χ0) is 29.4. The summed E-state index contributed by atoms with van der Waals surface area (Å²) in [7, 11) is 0. The average molecular weight is 555 g/mol. The normalized spacial score (nSPS) is 18.5. The molecular formula is C34H42N4O3. The number of aromatic nitrogens is 3. The molecular weight excluding hydrogens is 512 g/mol. The number of amides is 1. The Morgan fingerprint density at radius 3 is 2.49 bits per heavy atom. The molecule has 0 saturated carbocycles. The summed E-state index contributed by atoms with van der Waals surface area (Å²) in [5.41, 5.74) is 4.03. The van der Waals surface area contributed by atoms with E-state index in [-0.39, 0.29) is 18.4 Å². The summed E-state index contributed by atoms with van der Waals surface area (Å²) in [4.78, 5) is 15.4. The minimum atomic E-state index is -1.62. The van der Waals surface area contributed by atoms with E-state index in [0.717, 1.165) is 29.8 Å². The van der Waals surface area contributed by atoms with Crippen LogP contribution in [0.25, 0.3) is 0 Å². The number of carbonyl (C=O) groups excluding carboxylic acids is 1. The number of allylic oxidation sites excluding steroid dienone is 4. The lowest BCUT2D eigenvalue weighted by Gasteiger charge is -2.27. The summed E-state index contributed by atoms with van der Waals surface area (Å²) in [6, 6.07) is 17.3. The Bertz CT molecular complexity index is 1400. The number of hydrogen-bond donors (Lipinski definition) is 2. The van der Waals surface area contributed by atoms with Crippen LogP contribution in [0.2, 0.25) is 0 Å². The minimum Gasteiger partial charge on any atom is -0.395 e. The zero-order valence-electron chi connectivity index (χ0n) is 24.6. The van der Waals surface area contributed by atoms with E-state index < -0.39 is 11.5 Å². The number of aliphatic hydroxyl groups excluding tert-OH is 1. The van der Waals surface area contributed by atoms with Gasteiger partial charge in [0.2, 0.25) is 0 Å². The number of nitrogens with zero attached hydrogens (tertiary/aromatic N) is 4. The molecule has 7 heteroatoms. The highest BCUT2D eigenvalue weighted by molar-refractivity contribution is 6.07. The van der Waals surface area contributed by atoms with E-state index in [4.69, 9.17) is 0 Å². The largest absolute Gasteiger partial charge is 0.395 e. The van der Waals surface area contributed by atoms with Crippen molar-refractivity contribution >= 4 is 11.6 Å². The van der Waals surface area contributed by atoms with E-state index in [1.165, 1.54) is 11.1 Å². The van der Waals surface area contributed by atoms with E-state index in [2.05, 4.69) is 43.2 Å². The first-order chi connectivity index (χ1) is 19.8. The molecule has 0 radical (unpaired) electrons. The first kappa shape index (κ1) is 30.2. The number of aliphatic hydroxyl groups is 2. The number of fused-ring (bicyclic) bond motifs is 1. The summed E-state index contributed by atoms with van der Waals surface area (Å²) >= 11 is 0. The predicted molar refractivity (Wildman–Crippen MR) is 163 cm³/mol. The monoisotopic (exact) mass is 554 g/mol. The molecule has 0 spiro atoms. The fourth-order valence-corrected chi connectivity index (χ4v) is 5.30. The second-order valence-corrected chi connectivity index (χ2v) is 11.1. The Kier molecular flexibility index (Phi) is 10.1. The van der Waals surface area contributed by atoms with Crippen LogP contribution >= 0.6 is 0 Å². The second kappa shape index (κ2) is 13.7. The Hall–Kier alpha value is -3.81. The summed E-state index contributed by atoms with van der Waals surface area (Å²) in [5.74, 6) is -0.935. The van der Waals surface area contributed by atoms with E-state index in [1.807, 2.05) is 79.9 Å². The number of para-hydroxylation sites is 1. The van der Waals surface area contributed by atoms with Crippen molar-refractivity contribution in [3.05, 3.63) is 113 Å². The molecule has 2 N–H and O–H groups in total. The molecule has 0 bridgehead atoms. The van der Waals surface area contributed by atoms with Crippen molar-refractivity contribution in [3.63, 3.8) is 0 Å². The van der Waals surface area contributed by atoms with Crippen LogP contribution in [0.1, 0.15) is 69.7 Å². The smallest absolute Gasteiger partial charge is 0.264 e. The highest BCUT2D eigenvalue weighted by Crippen LogP contribution is 2.45. The van der Waals surface area contributed by atoms with Crippen LogP contribution in [0, 0.1) is 5.92 Å². The standard InChI is InChI=1S/C34H42N4O3/c1-25(2)13-12-14-26(3)20-22-38-32-19-9-8-18-30(32)34(41,33(38)40)27(4)15-10-11-21-37-23-31(35-36-37)29(24-39)28-16-6-5-7-17-28/h5-10,13,15-20,23,27,29,39,41H,11-12,14,21-22,24H2,1-4H3/b15-10+,26-20+/t27-,29?,34+/m0/s1. The predicted octanol–water partition coefficient (Wildman–Crippen LogP) is 5.91. The van der Waals surface area contributed by atoms with Crippen LogP contribution in [0.15, 0.2) is 96.2 Å². The van der Waals surface area contributed by atoms with Crippen molar-refractivity contribution in [1.29, 1.82) is 0 Å². The summed E-state index contributed by atoms with van der Waals surface area (Å²) in [6.07, 6.45) is 12.6. The van der Waals surface area contributed by atoms with Crippen molar-refractivity contribution in [1.82, 2.24) is 15.0 Å². The molecule has 3 atom stereocenters. The maximum absolute atomic E-state index is 13.7.